The molecule has 2 rings (SSSR count). The second-order valence-electron chi connectivity index (χ2n) is 4.03. The van der Waals surface area contributed by atoms with Crippen molar-refractivity contribution in [1.82, 2.24) is 0 Å². The molecule has 82 valence electrons. The Morgan fingerprint density at radius 2 is 2.13 bits per heavy atom. The van der Waals surface area contributed by atoms with Gasteiger partial charge in [-0.25, -0.2) is 0 Å². The average Bonchev–Trinajstić information content (AvgIpc) is 2.71. The molecule has 0 aliphatic carbocycles. The number of benzene rings is 1. The lowest BCUT2D eigenvalue weighted by atomic mass is 10.0. The zero-order valence-corrected chi connectivity index (χ0v) is 9.41. The van der Waals surface area contributed by atoms with Crippen LogP contribution in [0.4, 0.5) is 0 Å². The highest BCUT2D eigenvalue weighted by molar-refractivity contribution is 6.30. The SMILES string of the molecule is NC(CC1CCCO1)c1ccc(Cl)cc1. The molecule has 1 aromatic rings. The lowest BCUT2D eigenvalue weighted by Gasteiger charge is -2.16. The van der Waals surface area contributed by atoms with Crippen LogP contribution in [-0.4, -0.2) is 12.7 Å². The highest BCUT2D eigenvalue weighted by Gasteiger charge is 2.19. The van der Waals surface area contributed by atoms with E-state index >= 15 is 0 Å². The molecule has 0 amide bonds. The average molecular weight is 226 g/mol. The van der Waals surface area contributed by atoms with E-state index < -0.39 is 0 Å². The van der Waals surface area contributed by atoms with Gasteiger partial charge in [0.05, 0.1) is 6.10 Å². The maximum atomic E-state index is 6.10. The fraction of sp³-hybridized carbons (Fsp3) is 0.500. The first-order valence-electron chi connectivity index (χ1n) is 5.38. The molecule has 2 nitrogen and oxygen atoms in total. The molecule has 1 fully saturated rings. The van der Waals surface area contributed by atoms with E-state index in [0.717, 1.165) is 36.5 Å². The van der Waals surface area contributed by atoms with Crippen molar-refractivity contribution in [3.63, 3.8) is 0 Å². The Labute approximate surface area is 95.4 Å². The minimum Gasteiger partial charge on any atom is -0.378 e. The molecule has 0 bridgehead atoms. The van der Waals surface area contributed by atoms with Crippen molar-refractivity contribution in [2.75, 3.05) is 6.61 Å². The van der Waals surface area contributed by atoms with E-state index in [4.69, 9.17) is 22.1 Å². The first-order chi connectivity index (χ1) is 7.25. The van der Waals surface area contributed by atoms with Crippen LogP contribution < -0.4 is 5.73 Å². The van der Waals surface area contributed by atoms with Crippen LogP contribution in [0.2, 0.25) is 5.02 Å². The normalized spacial score (nSPS) is 22.9. The van der Waals surface area contributed by atoms with Gasteiger partial charge in [-0.05, 0) is 37.0 Å². The van der Waals surface area contributed by atoms with Crippen LogP contribution in [0.3, 0.4) is 0 Å². The number of rotatable bonds is 3. The molecule has 1 aliphatic heterocycles. The summed E-state index contributed by atoms with van der Waals surface area (Å²) in [6.45, 7) is 0.887. The predicted octanol–water partition coefficient (Wildman–Crippen LogP) is 2.91. The van der Waals surface area contributed by atoms with Crippen molar-refractivity contribution >= 4 is 11.6 Å². The maximum Gasteiger partial charge on any atom is 0.0594 e. The fourth-order valence-electron chi connectivity index (χ4n) is 1.96. The maximum absolute atomic E-state index is 6.10. The minimum atomic E-state index is 0.0605. The van der Waals surface area contributed by atoms with E-state index in [1.807, 2.05) is 24.3 Å². The van der Waals surface area contributed by atoms with Gasteiger partial charge >= 0.3 is 0 Å². The monoisotopic (exact) mass is 225 g/mol. The highest BCUT2D eigenvalue weighted by atomic mass is 35.5. The van der Waals surface area contributed by atoms with Crippen LogP contribution in [0.1, 0.15) is 30.9 Å². The summed E-state index contributed by atoms with van der Waals surface area (Å²) in [5, 5.41) is 0.753. The molecule has 1 heterocycles. The van der Waals surface area contributed by atoms with Gasteiger partial charge in [0.2, 0.25) is 0 Å². The van der Waals surface area contributed by atoms with Gasteiger partial charge in [-0.15, -0.1) is 0 Å². The van der Waals surface area contributed by atoms with E-state index in [0.29, 0.717) is 6.10 Å². The van der Waals surface area contributed by atoms with Crippen molar-refractivity contribution in [3.8, 4) is 0 Å². The summed E-state index contributed by atoms with van der Waals surface area (Å²) < 4.78 is 5.56. The Kier molecular flexibility index (Phi) is 3.62. The summed E-state index contributed by atoms with van der Waals surface area (Å²) in [6, 6.07) is 7.80. The second kappa shape index (κ2) is 4.97. The quantitative estimate of drug-likeness (QED) is 0.859. The van der Waals surface area contributed by atoms with Gasteiger partial charge in [0, 0.05) is 17.7 Å². The van der Waals surface area contributed by atoms with Crippen molar-refractivity contribution in [3.05, 3.63) is 34.9 Å². The predicted molar refractivity (Wildman–Crippen MR) is 62.0 cm³/mol. The van der Waals surface area contributed by atoms with E-state index in [9.17, 15) is 0 Å². The largest absolute Gasteiger partial charge is 0.378 e. The van der Waals surface area contributed by atoms with Crippen LogP contribution in [-0.2, 0) is 4.74 Å². The number of halogens is 1. The summed E-state index contributed by atoms with van der Waals surface area (Å²) in [6.07, 6.45) is 3.55. The summed E-state index contributed by atoms with van der Waals surface area (Å²) in [7, 11) is 0. The lowest BCUT2D eigenvalue weighted by Crippen LogP contribution is -2.18. The van der Waals surface area contributed by atoms with Crippen molar-refractivity contribution in [2.45, 2.75) is 31.4 Å². The number of ether oxygens (including phenoxy) is 1. The summed E-state index contributed by atoms with van der Waals surface area (Å²) in [5.41, 5.74) is 7.24. The van der Waals surface area contributed by atoms with Crippen LogP contribution in [0.15, 0.2) is 24.3 Å². The molecule has 1 aliphatic rings. The third-order valence-corrected chi connectivity index (χ3v) is 3.09. The molecule has 3 heteroatoms. The Balaban J connectivity index is 1.94. The van der Waals surface area contributed by atoms with E-state index in [-0.39, 0.29) is 6.04 Å². The molecular weight excluding hydrogens is 210 g/mol. The van der Waals surface area contributed by atoms with Crippen LogP contribution >= 0.6 is 11.6 Å². The van der Waals surface area contributed by atoms with Crippen molar-refractivity contribution in [1.29, 1.82) is 0 Å². The first-order valence-corrected chi connectivity index (χ1v) is 5.76. The molecule has 15 heavy (non-hydrogen) atoms. The van der Waals surface area contributed by atoms with Crippen LogP contribution in [0.5, 0.6) is 0 Å². The molecule has 1 aromatic carbocycles. The van der Waals surface area contributed by atoms with Gasteiger partial charge in [-0.2, -0.15) is 0 Å². The van der Waals surface area contributed by atoms with Gasteiger partial charge in [-0.3, -0.25) is 0 Å². The fourth-order valence-corrected chi connectivity index (χ4v) is 2.09. The number of hydrogen-bond acceptors (Lipinski definition) is 2. The Bertz CT molecular complexity index is 306. The Hall–Kier alpha value is -0.570. The van der Waals surface area contributed by atoms with E-state index in [1.165, 1.54) is 0 Å². The smallest absolute Gasteiger partial charge is 0.0594 e. The molecule has 2 unspecified atom stereocenters. The van der Waals surface area contributed by atoms with Gasteiger partial charge in [0.15, 0.2) is 0 Å². The molecule has 0 spiro atoms. The number of hydrogen-bond donors (Lipinski definition) is 1. The number of nitrogens with two attached hydrogens (primary N) is 1. The van der Waals surface area contributed by atoms with Crippen molar-refractivity contribution in [2.24, 2.45) is 5.73 Å². The summed E-state index contributed by atoms with van der Waals surface area (Å²) >= 11 is 5.82. The highest BCUT2D eigenvalue weighted by Crippen LogP contribution is 2.24. The van der Waals surface area contributed by atoms with Gasteiger partial charge < -0.3 is 10.5 Å². The summed E-state index contributed by atoms with van der Waals surface area (Å²) in [4.78, 5) is 0. The van der Waals surface area contributed by atoms with Gasteiger partial charge in [-0.1, -0.05) is 23.7 Å². The van der Waals surface area contributed by atoms with E-state index in [2.05, 4.69) is 0 Å². The van der Waals surface area contributed by atoms with Crippen molar-refractivity contribution < 1.29 is 4.74 Å². The zero-order valence-electron chi connectivity index (χ0n) is 8.66. The minimum absolute atomic E-state index is 0.0605. The molecule has 2 atom stereocenters. The summed E-state index contributed by atoms with van der Waals surface area (Å²) in [5.74, 6) is 0. The third kappa shape index (κ3) is 2.94. The molecule has 1 saturated heterocycles. The molecule has 2 N–H and O–H groups in total. The molecule has 0 radical (unpaired) electrons. The topological polar surface area (TPSA) is 35.2 Å². The first kappa shape index (κ1) is 10.9. The third-order valence-electron chi connectivity index (χ3n) is 2.84. The van der Waals surface area contributed by atoms with Gasteiger partial charge in [0.1, 0.15) is 0 Å². The van der Waals surface area contributed by atoms with Gasteiger partial charge in [0.25, 0.3) is 0 Å². The Morgan fingerprint density at radius 3 is 2.73 bits per heavy atom. The standard InChI is InChI=1S/C12H16ClNO/c13-10-5-3-9(4-6-10)12(14)8-11-2-1-7-15-11/h3-6,11-12H,1-2,7-8,14H2. The molecule has 0 saturated carbocycles. The van der Waals surface area contributed by atoms with Crippen LogP contribution in [0.25, 0.3) is 0 Å². The zero-order chi connectivity index (χ0) is 10.7. The molecular formula is C12H16ClNO. The molecule has 0 aromatic heterocycles. The lowest BCUT2D eigenvalue weighted by molar-refractivity contribution is 0.0983. The van der Waals surface area contributed by atoms with Crippen LogP contribution in [0, 0.1) is 0 Å². The van der Waals surface area contributed by atoms with E-state index in [1.54, 1.807) is 0 Å². The second-order valence-corrected chi connectivity index (χ2v) is 4.47. The Morgan fingerprint density at radius 1 is 1.40 bits per heavy atom.